The van der Waals surface area contributed by atoms with Crippen molar-refractivity contribution in [2.45, 2.75) is 40.2 Å². The van der Waals surface area contributed by atoms with Crippen LogP contribution in [-0.2, 0) is 4.74 Å². The Hall–Kier alpha value is -3.57. The van der Waals surface area contributed by atoms with Gasteiger partial charge in [0.1, 0.15) is 5.92 Å². The molecule has 0 bridgehead atoms. The van der Waals surface area contributed by atoms with Crippen LogP contribution in [0.5, 0.6) is 0 Å². The van der Waals surface area contributed by atoms with Gasteiger partial charge < -0.3 is 4.74 Å². The first-order valence-corrected chi connectivity index (χ1v) is 10.9. The SMILES string of the molecule is C.Cc1ccc(C(=O)C(C)OC(=O)c2ccc3c(c2)C(=O)C(c2ccc(C)c(Cl)c2)C3=O)cc1. The first kappa shape index (κ1) is 25.1. The van der Waals surface area contributed by atoms with Crippen molar-refractivity contribution in [2.24, 2.45) is 0 Å². The lowest BCUT2D eigenvalue weighted by atomic mass is 9.93. The van der Waals surface area contributed by atoms with Gasteiger partial charge in [-0.25, -0.2) is 4.79 Å². The van der Waals surface area contributed by atoms with Crippen molar-refractivity contribution in [1.82, 2.24) is 0 Å². The highest BCUT2D eigenvalue weighted by molar-refractivity contribution is 6.32. The molecule has 174 valence electrons. The fourth-order valence-corrected chi connectivity index (χ4v) is 4.04. The maximum absolute atomic E-state index is 13.1. The highest BCUT2D eigenvalue weighted by Gasteiger charge is 2.40. The molecule has 4 rings (SSSR count). The summed E-state index contributed by atoms with van der Waals surface area (Å²) in [5.41, 5.74) is 3.32. The summed E-state index contributed by atoms with van der Waals surface area (Å²) < 4.78 is 5.34. The Labute approximate surface area is 203 Å². The second kappa shape index (κ2) is 9.74. The Bertz CT molecular complexity index is 1310. The van der Waals surface area contributed by atoms with Gasteiger partial charge in [-0.3, -0.25) is 14.4 Å². The van der Waals surface area contributed by atoms with Gasteiger partial charge in [0.05, 0.1) is 5.56 Å². The zero-order chi connectivity index (χ0) is 23.9. The summed E-state index contributed by atoms with van der Waals surface area (Å²) in [5, 5.41) is 0.473. The standard InChI is InChI=1S/C27H21ClO5.CH4/c1-14-4-7-17(8-5-14)24(29)16(3)33-27(32)19-10-11-20-21(12-19)26(31)23(25(20)30)18-9-6-15(2)22(28)13-18;/h4-13,16,23H,1-3H3;1H4. The van der Waals surface area contributed by atoms with Crippen LogP contribution in [0.25, 0.3) is 0 Å². The average Bonchev–Trinajstić information content (AvgIpc) is 3.05. The molecule has 0 N–H and O–H groups in total. The number of esters is 1. The van der Waals surface area contributed by atoms with Crippen LogP contribution in [0.15, 0.2) is 60.7 Å². The van der Waals surface area contributed by atoms with E-state index >= 15 is 0 Å². The van der Waals surface area contributed by atoms with Gasteiger partial charge in [0.25, 0.3) is 0 Å². The summed E-state index contributed by atoms with van der Waals surface area (Å²) in [6, 6.07) is 16.3. The summed E-state index contributed by atoms with van der Waals surface area (Å²) in [6.07, 6.45) is -1.01. The number of carbonyl (C=O) groups is 4. The monoisotopic (exact) mass is 476 g/mol. The van der Waals surface area contributed by atoms with Crippen LogP contribution in [-0.4, -0.2) is 29.4 Å². The van der Waals surface area contributed by atoms with Crippen LogP contribution in [0, 0.1) is 13.8 Å². The van der Waals surface area contributed by atoms with Crippen LogP contribution < -0.4 is 0 Å². The van der Waals surface area contributed by atoms with Crippen molar-refractivity contribution >= 4 is 34.9 Å². The maximum Gasteiger partial charge on any atom is 0.338 e. The number of Topliss-reactive ketones (excluding diaryl/α,β-unsaturated/α-hetero) is 3. The predicted molar refractivity (Wildman–Crippen MR) is 131 cm³/mol. The molecule has 0 aromatic heterocycles. The number of aryl methyl sites for hydroxylation is 2. The molecule has 2 unspecified atom stereocenters. The number of carbonyl (C=O) groups excluding carboxylic acids is 4. The van der Waals surface area contributed by atoms with Crippen LogP contribution in [0.3, 0.4) is 0 Å². The Morgan fingerprint density at radius 1 is 0.853 bits per heavy atom. The molecule has 1 aliphatic carbocycles. The lowest BCUT2D eigenvalue weighted by Crippen LogP contribution is -2.24. The van der Waals surface area contributed by atoms with Gasteiger partial charge >= 0.3 is 5.97 Å². The third kappa shape index (κ3) is 4.57. The Morgan fingerprint density at radius 2 is 1.47 bits per heavy atom. The van der Waals surface area contributed by atoms with E-state index in [1.165, 1.54) is 25.1 Å². The van der Waals surface area contributed by atoms with E-state index in [0.29, 0.717) is 16.1 Å². The van der Waals surface area contributed by atoms with Crippen LogP contribution in [0.4, 0.5) is 0 Å². The zero-order valence-corrected chi connectivity index (χ0v) is 19.1. The molecule has 2 atom stereocenters. The van der Waals surface area contributed by atoms with Gasteiger partial charge in [0.15, 0.2) is 17.7 Å². The van der Waals surface area contributed by atoms with E-state index in [4.69, 9.17) is 16.3 Å². The molecular weight excluding hydrogens is 452 g/mol. The minimum Gasteiger partial charge on any atom is -0.451 e. The van der Waals surface area contributed by atoms with Crippen LogP contribution in [0.2, 0.25) is 5.02 Å². The molecule has 0 saturated carbocycles. The van der Waals surface area contributed by atoms with E-state index in [-0.39, 0.29) is 35.7 Å². The number of halogens is 1. The first-order chi connectivity index (χ1) is 15.7. The summed E-state index contributed by atoms with van der Waals surface area (Å²) in [4.78, 5) is 51.2. The summed E-state index contributed by atoms with van der Waals surface area (Å²) in [5.74, 6) is -2.79. The van der Waals surface area contributed by atoms with Gasteiger partial charge in [-0.1, -0.05) is 61.0 Å². The molecule has 3 aromatic carbocycles. The molecule has 0 spiro atoms. The van der Waals surface area contributed by atoms with E-state index < -0.39 is 23.8 Å². The second-order valence-corrected chi connectivity index (χ2v) is 8.62. The largest absolute Gasteiger partial charge is 0.451 e. The molecule has 0 radical (unpaired) electrons. The number of hydrogen-bond acceptors (Lipinski definition) is 5. The number of rotatable bonds is 5. The van der Waals surface area contributed by atoms with E-state index in [1.54, 1.807) is 30.3 Å². The Morgan fingerprint density at radius 3 is 2.12 bits per heavy atom. The molecule has 0 amide bonds. The Kier molecular flexibility index (Phi) is 7.18. The third-order valence-electron chi connectivity index (χ3n) is 5.83. The van der Waals surface area contributed by atoms with E-state index in [1.807, 2.05) is 26.0 Å². The smallest absolute Gasteiger partial charge is 0.338 e. The van der Waals surface area contributed by atoms with E-state index in [2.05, 4.69) is 0 Å². The lowest BCUT2D eigenvalue weighted by Gasteiger charge is -2.13. The zero-order valence-electron chi connectivity index (χ0n) is 18.3. The maximum atomic E-state index is 13.1. The predicted octanol–water partition coefficient (Wildman–Crippen LogP) is 6.18. The second-order valence-electron chi connectivity index (χ2n) is 8.21. The van der Waals surface area contributed by atoms with Gasteiger partial charge in [0.2, 0.25) is 5.78 Å². The fourth-order valence-electron chi connectivity index (χ4n) is 3.85. The number of benzene rings is 3. The van der Waals surface area contributed by atoms with Crippen molar-refractivity contribution in [3.05, 3.63) is 105 Å². The third-order valence-corrected chi connectivity index (χ3v) is 6.24. The number of ether oxygens (including phenoxy) is 1. The molecule has 1 aliphatic rings. The fraction of sp³-hybridized carbons (Fsp3) is 0.214. The molecule has 34 heavy (non-hydrogen) atoms. The summed E-state index contributed by atoms with van der Waals surface area (Å²) in [6.45, 7) is 5.25. The first-order valence-electron chi connectivity index (χ1n) is 10.5. The van der Waals surface area contributed by atoms with Crippen molar-refractivity contribution in [1.29, 1.82) is 0 Å². The van der Waals surface area contributed by atoms with Crippen molar-refractivity contribution in [3.63, 3.8) is 0 Å². The minimum atomic E-state index is -1.01. The number of hydrogen-bond donors (Lipinski definition) is 0. The highest BCUT2D eigenvalue weighted by atomic mass is 35.5. The minimum absolute atomic E-state index is 0. The molecule has 5 nitrogen and oxygen atoms in total. The topological polar surface area (TPSA) is 77.5 Å². The van der Waals surface area contributed by atoms with Crippen molar-refractivity contribution < 1.29 is 23.9 Å². The number of fused-ring (bicyclic) bond motifs is 1. The van der Waals surface area contributed by atoms with Gasteiger partial charge in [-0.05, 0) is 56.2 Å². The van der Waals surface area contributed by atoms with Crippen LogP contribution >= 0.6 is 11.6 Å². The van der Waals surface area contributed by atoms with Gasteiger partial charge in [0, 0.05) is 21.7 Å². The Balaban J connectivity index is 0.00000324. The molecule has 6 heteroatoms. The van der Waals surface area contributed by atoms with Crippen molar-refractivity contribution in [2.75, 3.05) is 0 Å². The summed E-state index contributed by atoms with van der Waals surface area (Å²) in [7, 11) is 0. The highest BCUT2D eigenvalue weighted by Crippen LogP contribution is 2.36. The van der Waals surface area contributed by atoms with Gasteiger partial charge in [-0.15, -0.1) is 0 Å². The molecule has 0 aliphatic heterocycles. The number of ketones is 3. The molecular formula is C28H25ClO5. The van der Waals surface area contributed by atoms with Crippen LogP contribution in [0.1, 0.15) is 78.4 Å². The van der Waals surface area contributed by atoms with Crippen molar-refractivity contribution in [3.8, 4) is 0 Å². The molecule has 3 aromatic rings. The quantitative estimate of drug-likeness (QED) is 0.249. The normalized spacial score (nSPS) is 15.4. The molecule has 0 fully saturated rings. The van der Waals surface area contributed by atoms with Gasteiger partial charge in [-0.2, -0.15) is 0 Å². The summed E-state index contributed by atoms with van der Waals surface area (Å²) >= 11 is 6.18. The van der Waals surface area contributed by atoms with E-state index in [9.17, 15) is 19.2 Å². The molecule has 0 heterocycles. The average molecular weight is 477 g/mol. The van der Waals surface area contributed by atoms with E-state index in [0.717, 1.165) is 11.1 Å². The lowest BCUT2D eigenvalue weighted by molar-refractivity contribution is 0.0318. The molecule has 0 saturated heterocycles.